The minimum Gasteiger partial charge on any atom is -0.387 e. The van der Waals surface area contributed by atoms with E-state index in [2.05, 4.69) is 11.6 Å². The van der Waals surface area contributed by atoms with E-state index in [1.165, 1.54) is 0 Å². The average Bonchev–Trinajstić information content (AvgIpc) is 1.85. The summed E-state index contributed by atoms with van der Waals surface area (Å²) in [5, 5.41) is 7.51. The smallest absolute Gasteiger partial charge is 0.153 e. The number of allylic oxidation sites excluding steroid dienone is 1. The van der Waals surface area contributed by atoms with Crippen molar-refractivity contribution in [3.05, 3.63) is 23.8 Å². The summed E-state index contributed by atoms with van der Waals surface area (Å²) in [5.41, 5.74) is 6.90. The average molecular weight is 165 g/mol. The molecule has 3 N–H and O–H groups in total. The van der Waals surface area contributed by atoms with Crippen LogP contribution < -0.4 is 5.73 Å². The van der Waals surface area contributed by atoms with Crippen LogP contribution in [-0.2, 0) is 0 Å². The second-order valence-electron chi connectivity index (χ2n) is 2.58. The van der Waals surface area contributed by atoms with Gasteiger partial charge in [0, 0.05) is 5.57 Å². The summed E-state index contributed by atoms with van der Waals surface area (Å²) < 4.78 is 0. The van der Waals surface area contributed by atoms with E-state index in [4.69, 9.17) is 11.1 Å². The molecule has 0 saturated carbocycles. The summed E-state index contributed by atoms with van der Waals surface area (Å²) in [5.74, 6) is 0.561. The van der Waals surface area contributed by atoms with E-state index >= 15 is 0 Å². The highest BCUT2D eigenvalue weighted by atomic mass is 14.9. The van der Waals surface area contributed by atoms with Gasteiger partial charge in [0.1, 0.15) is 0 Å². The van der Waals surface area contributed by atoms with Crippen molar-refractivity contribution in [1.82, 2.24) is 0 Å². The zero-order chi connectivity index (χ0) is 9.72. The summed E-state index contributed by atoms with van der Waals surface area (Å²) in [6, 6.07) is 0. The maximum absolute atomic E-state index is 7.51. The molecule has 0 saturated heterocycles. The molecule has 0 aromatic rings. The van der Waals surface area contributed by atoms with Crippen molar-refractivity contribution < 1.29 is 0 Å². The first-order valence-electron chi connectivity index (χ1n) is 3.71. The fraction of sp³-hybridized carbons (Fsp3) is 0.333. The lowest BCUT2D eigenvalue weighted by atomic mass is 10.1. The van der Waals surface area contributed by atoms with Gasteiger partial charge in [0.05, 0.1) is 5.84 Å². The molecule has 0 bridgehead atoms. The highest BCUT2D eigenvalue weighted by Gasteiger charge is 2.02. The Kier molecular flexibility index (Phi) is 3.97. The lowest BCUT2D eigenvalue weighted by Crippen LogP contribution is -2.10. The SMILES string of the molecule is C=C(C)/C(=C\C)C(=N)N=C(C)N. The topological polar surface area (TPSA) is 62.2 Å². The van der Waals surface area contributed by atoms with Crippen molar-refractivity contribution in [3.63, 3.8) is 0 Å². The molecule has 0 heterocycles. The number of rotatable bonds is 2. The van der Waals surface area contributed by atoms with Gasteiger partial charge in [-0.3, -0.25) is 5.41 Å². The first kappa shape index (κ1) is 10.6. The number of hydrogen-bond acceptors (Lipinski definition) is 1. The van der Waals surface area contributed by atoms with Crippen LogP contribution in [-0.4, -0.2) is 11.7 Å². The maximum atomic E-state index is 7.51. The molecule has 12 heavy (non-hydrogen) atoms. The number of nitrogens with one attached hydrogen (secondary N) is 1. The molecular formula is C9H15N3. The van der Waals surface area contributed by atoms with Crippen molar-refractivity contribution >= 4 is 11.7 Å². The summed E-state index contributed by atoms with van der Waals surface area (Å²) in [6.45, 7) is 9.07. The minimum absolute atomic E-state index is 0.171. The number of nitrogens with zero attached hydrogens (tertiary/aromatic N) is 1. The molecule has 0 radical (unpaired) electrons. The number of amidine groups is 2. The molecule has 0 aliphatic heterocycles. The van der Waals surface area contributed by atoms with E-state index in [0.29, 0.717) is 5.84 Å². The number of hydrogen-bond donors (Lipinski definition) is 2. The molecule has 0 amide bonds. The normalized spacial score (nSPS) is 12.9. The van der Waals surface area contributed by atoms with Crippen molar-refractivity contribution in [2.24, 2.45) is 10.7 Å². The third kappa shape index (κ3) is 3.14. The molecule has 0 rings (SSSR count). The highest BCUT2D eigenvalue weighted by Crippen LogP contribution is 2.08. The van der Waals surface area contributed by atoms with Crippen LogP contribution in [0.25, 0.3) is 0 Å². The number of aliphatic imine (C=N–C) groups is 1. The van der Waals surface area contributed by atoms with Crippen LogP contribution in [0.2, 0.25) is 0 Å². The highest BCUT2D eigenvalue weighted by molar-refractivity contribution is 6.06. The van der Waals surface area contributed by atoms with E-state index in [0.717, 1.165) is 11.1 Å². The predicted octanol–water partition coefficient (Wildman–Crippen LogP) is 1.86. The Morgan fingerprint density at radius 2 is 2.00 bits per heavy atom. The van der Waals surface area contributed by atoms with Gasteiger partial charge < -0.3 is 5.73 Å². The largest absolute Gasteiger partial charge is 0.387 e. The molecule has 0 aromatic carbocycles. The summed E-state index contributed by atoms with van der Waals surface area (Å²) in [7, 11) is 0. The van der Waals surface area contributed by atoms with Crippen LogP contribution in [0.15, 0.2) is 28.8 Å². The lowest BCUT2D eigenvalue weighted by molar-refractivity contribution is 1.35. The molecule has 0 unspecified atom stereocenters. The van der Waals surface area contributed by atoms with Gasteiger partial charge in [-0.2, -0.15) is 0 Å². The summed E-state index contributed by atoms with van der Waals surface area (Å²) >= 11 is 0. The molecule has 3 heteroatoms. The van der Waals surface area contributed by atoms with Crippen LogP contribution in [0, 0.1) is 5.41 Å². The van der Waals surface area contributed by atoms with E-state index in [9.17, 15) is 0 Å². The zero-order valence-electron chi connectivity index (χ0n) is 7.81. The first-order chi connectivity index (χ1) is 5.49. The van der Waals surface area contributed by atoms with Gasteiger partial charge in [0.15, 0.2) is 5.84 Å². The van der Waals surface area contributed by atoms with E-state index < -0.39 is 0 Å². The summed E-state index contributed by atoms with van der Waals surface area (Å²) in [6.07, 6.45) is 1.80. The molecule has 0 aliphatic carbocycles. The number of nitrogens with two attached hydrogens (primary N) is 1. The molecule has 0 aliphatic rings. The van der Waals surface area contributed by atoms with Crippen LogP contribution in [0.1, 0.15) is 20.8 Å². The van der Waals surface area contributed by atoms with E-state index in [1.54, 1.807) is 13.0 Å². The monoisotopic (exact) mass is 165 g/mol. The third-order valence-electron chi connectivity index (χ3n) is 1.29. The molecule has 0 aromatic heterocycles. The van der Waals surface area contributed by atoms with Crippen molar-refractivity contribution in [2.45, 2.75) is 20.8 Å². The van der Waals surface area contributed by atoms with E-state index in [1.807, 2.05) is 13.8 Å². The van der Waals surface area contributed by atoms with Gasteiger partial charge in [0.25, 0.3) is 0 Å². The van der Waals surface area contributed by atoms with Gasteiger partial charge in [-0.1, -0.05) is 12.7 Å². The Bertz CT molecular complexity index is 255. The second-order valence-corrected chi connectivity index (χ2v) is 2.58. The van der Waals surface area contributed by atoms with Gasteiger partial charge >= 0.3 is 0 Å². The minimum atomic E-state index is 0.171. The zero-order valence-corrected chi connectivity index (χ0v) is 7.81. The van der Waals surface area contributed by atoms with Crippen molar-refractivity contribution in [3.8, 4) is 0 Å². The third-order valence-corrected chi connectivity index (χ3v) is 1.29. The van der Waals surface area contributed by atoms with Crippen LogP contribution in [0.3, 0.4) is 0 Å². The van der Waals surface area contributed by atoms with Crippen LogP contribution >= 0.6 is 0 Å². The lowest BCUT2D eigenvalue weighted by Gasteiger charge is -2.03. The molecule has 66 valence electrons. The van der Waals surface area contributed by atoms with Crippen molar-refractivity contribution in [2.75, 3.05) is 0 Å². The Morgan fingerprint density at radius 3 is 2.25 bits per heavy atom. The van der Waals surface area contributed by atoms with E-state index in [-0.39, 0.29) is 5.84 Å². The predicted molar refractivity (Wildman–Crippen MR) is 53.6 cm³/mol. The fourth-order valence-corrected chi connectivity index (χ4v) is 0.822. The van der Waals surface area contributed by atoms with Crippen LogP contribution in [0.4, 0.5) is 0 Å². The first-order valence-corrected chi connectivity index (χ1v) is 3.71. The molecule has 0 atom stereocenters. The Balaban J connectivity index is 4.69. The molecular weight excluding hydrogens is 150 g/mol. The van der Waals surface area contributed by atoms with Crippen LogP contribution in [0.5, 0.6) is 0 Å². The van der Waals surface area contributed by atoms with Gasteiger partial charge in [0.2, 0.25) is 0 Å². The quantitative estimate of drug-likeness (QED) is 0.366. The Hall–Kier alpha value is -1.38. The maximum Gasteiger partial charge on any atom is 0.153 e. The Morgan fingerprint density at radius 1 is 1.50 bits per heavy atom. The molecule has 0 fully saturated rings. The fourth-order valence-electron chi connectivity index (χ4n) is 0.822. The van der Waals surface area contributed by atoms with Gasteiger partial charge in [-0.25, -0.2) is 4.99 Å². The summed E-state index contributed by atoms with van der Waals surface area (Å²) in [4.78, 5) is 3.82. The molecule has 3 nitrogen and oxygen atoms in total. The van der Waals surface area contributed by atoms with Gasteiger partial charge in [-0.05, 0) is 26.3 Å². The van der Waals surface area contributed by atoms with Gasteiger partial charge in [-0.15, -0.1) is 0 Å². The Labute approximate surface area is 73.2 Å². The van der Waals surface area contributed by atoms with Crippen molar-refractivity contribution in [1.29, 1.82) is 5.41 Å². The standard InChI is InChI=1S/C9H15N3/c1-5-8(6(2)3)9(11)12-7(4)10/h5H,2H2,1,3-4H3,(H3,10,11,12)/b8-5+. The second kappa shape index (κ2) is 4.49. The molecule has 0 spiro atoms.